The molecule has 0 atom stereocenters. The predicted molar refractivity (Wildman–Crippen MR) is 102 cm³/mol. The van der Waals surface area contributed by atoms with Gasteiger partial charge in [0.15, 0.2) is 0 Å². The van der Waals surface area contributed by atoms with Gasteiger partial charge in [0, 0.05) is 66.5 Å². The molecule has 0 radical (unpaired) electrons. The first-order chi connectivity index (χ1) is 12.8. The highest BCUT2D eigenvalue weighted by Gasteiger charge is 2.20. The fourth-order valence-electron chi connectivity index (χ4n) is 3.91. The molecule has 3 heterocycles. The minimum atomic E-state index is -0.218. The van der Waals surface area contributed by atoms with Gasteiger partial charge in [0.2, 0.25) is 0 Å². The van der Waals surface area contributed by atoms with Crippen molar-refractivity contribution in [3.63, 3.8) is 0 Å². The third-order valence-electron chi connectivity index (χ3n) is 5.29. The summed E-state index contributed by atoms with van der Waals surface area (Å²) in [5, 5.41) is 2.15. The second kappa shape index (κ2) is 6.18. The quantitative estimate of drug-likeness (QED) is 0.596. The first-order valence-corrected chi connectivity index (χ1v) is 8.97. The van der Waals surface area contributed by atoms with Crippen molar-refractivity contribution in [3.05, 3.63) is 66.3 Å². The van der Waals surface area contributed by atoms with Gasteiger partial charge in [-0.05, 0) is 36.4 Å². The lowest BCUT2D eigenvalue weighted by molar-refractivity contribution is 0.250. The Morgan fingerprint density at radius 3 is 2.77 bits per heavy atom. The lowest BCUT2D eigenvalue weighted by Gasteiger charge is -2.36. The molecule has 1 N–H and O–H groups in total. The molecule has 1 aliphatic rings. The van der Waals surface area contributed by atoms with Crippen molar-refractivity contribution in [3.8, 4) is 0 Å². The maximum absolute atomic E-state index is 13.5. The highest BCUT2D eigenvalue weighted by molar-refractivity contribution is 5.92. The zero-order valence-electron chi connectivity index (χ0n) is 14.4. The molecule has 0 unspecified atom stereocenters. The maximum atomic E-state index is 13.5. The van der Waals surface area contributed by atoms with Gasteiger partial charge in [-0.2, -0.15) is 0 Å². The van der Waals surface area contributed by atoms with E-state index in [1.54, 1.807) is 18.4 Å². The summed E-state index contributed by atoms with van der Waals surface area (Å²) in [6.07, 6.45) is 3.75. The van der Waals surface area contributed by atoms with Gasteiger partial charge in [-0.1, -0.05) is 6.07 Å². The molecule has 26 heavy (non-hydrogen) atoms. The molecule has 1 saturated heterocycles. The smallest absolute Gasteiger partial charge is 0.134 e. The van der Waals surface area contributed by atoms with E-state index in [0.717, 1.165) is 49.3 Å². The highest BCUT2D eigenvalue weighted by Crippen LogP contribution is 2.28. The van der Waals surface area contributed by atoms with Crippen LogP contribution in [0.4, 0.5) is 10.1 Å². The number of hydrogen-bond acceptors (Lipinski definition) is 3. The van der Waals surface area contributed by atoms with Gasteiger partial charge in [0.1, 0.15) is 11.4 Å². The van der Waals surface area contributed by atoms with Gasteiger partial charge in [-0.15, -0.1) is 0 Å². The standard InChI is InChI=1S/C21H20FN3O/c22-16-4-5-21-18(12-16)15(14-26-21)13-24-8-10-25(11-9-24)20-3-1-2-19-17(20)6-7-23-19/h1-7,12,14,23H,8-11,13H2. The Labute approximate surface area is 150 Å². The van der Waals surface area contributed by atoms with Gasteiger partial charge in [-0.25, -0.2) is 4.39 Å². The summed E-state index contributed by atoms with van der Waals surface area (Å²) in [7, 11) is 0. The second-order valence-electron chi connectivity index (χ2n) is 6.88. The van der Waals surface area contributed by atoms with E-state index in [9.17, 15) is 4.39 Å². The van der Waals surface area contributed by atoms with Crippen molar-refractivity contribution >= 4 is 27.6 Å². The lowest BCUT2D eigenvalue weighted by atomic mass is 10.1. The largest absolute Gasteiger partial charge is 0.464 e. The number of aromatic nitrogens is 1. The number of benzene rings is 2. The topological polar surface area (TPSA) is 35.4 Å². The summed E-state index contributed by atoms with van der Waals surface area (Å²) in [5.41, 5.74) is 4.27. The Kier molecular flexibility index (Phi) is 3.68. The minimum Gasteiger partial charge on any atom is -0.464 e. The summed E-state index contributed by atoms with van der Waals surface area (Å²) < 4.78 is 19.1. The molecule has 2 aromatic heterocycles. The van der Waals surface area contributed by atoms with Crippen molar-refractivity contribution in [2.45, 2.75) is 6.54 Å². The van der Waals surface area contributed by atoms with Crippen LogP contribution in [0.1, 0.15) is 5.56 Å². The van der Waals surface area contributed by atoms with Crippen molar-refractivity contribution in [1.29, 1.82) is 0 Å². The SMILES string of the molecule is Fc1ccc2occ(CN3CCN(c4cccc5[nH]ccc45)CC3)c2c1. The Bertz CT molecular complexity index is 1060. The number of piperazine rings is 1. The van der Waals surface area contributed by atoms with E-state index in [1.807, 2.05) is 6.20 Å². The molecule has 0 aliphatic carbocycles. The van der Waals surface area contributed by atoms with Gasteiger partial charge in [0.05, 0.1) is 6.26 Å². The van der Waals surface area contributed by atoms with Crippen LogP contribution in [0.5, 0.6) is 0 Å². The molecule has 4 aromatic rings. The van der Waals surface area contributed by atoms with Crippen LogP contribution in [0.3, 0.4) is 0 Å². The Balaban J connectivity index is 1.31. The average molecular weight is 349 g/mol. The first kappa shape index (κ1) is 15.5. The van der Waals surface area contributed by atoms with Crippen LogP contribution in [0.25, 0.3) is 21.9 Å². The summed E-state index contributed by atoms with van der Waals surface area (Å²) in [6, 6.07) is 13.3. The number of furan rings is 1. The molecular formula is C21H20FN3O. The molecule has 0 saturated carbocycles. The second-order valence-corrected chi connectivity index (χ2v) is 6.88. The maximum Gasteiger partial charge on any atom is 0.134 e. The molecule has 0 amide bonds. The number of rotatable bonds is 3. The Morgan fingerprint density at radius 2 is 1.88 bits per heavy atom. The minimum absolute atomic E-state index is 0.218. The first-order valence-electron chi connectivity index (χ1n) is 8.97. The van der Waals surface area contributed by atoms with Crippen molar-refractivity contribution < 1.29 is 8.81 Å². The average Bonchev–Trinajstić information content (AvgIpc) is 3.29. The fraction of sp³-hybridized carbons (Fsp3) is 0.238. The summed E-state index contributed by atoms with van der Waals surface area (Å²) in [5.74, 6) is -0.218. The van der Waals surface area contributed by atoms with E-state index in [0.29, 0.717) is 0 Å². The molecular weight excluding hydrogens is 329 g/mol. The van der Waals surface area contributed by atoms with Crippen LogP contribution in [0.15, 0.2) is 59.3 Å². The molecule has 132 valence electrons. The van der Waals surface area contributed by atoms with E-state index in [1.165, 1.54) is 22.7 Å². The van der Waals surface area contributed by atoms with Gasteiger partial charge >= 0.3 is 0 Å². The number of aromatic amines is 1. The van der Waals surface area contributed by atoms with Gasteiger partial charge in [0.25, 0.3) is 0 Å². The number of nitrogens with one attached hydrogen (secondary N) is 1. The monoisotopic (exact) mass is 349 g/mol. The van der Waals surface area contributed by atoms with E-state index in [2.05, 4.69) is 39.0 Å². The molecule has 1 aliphatic heterocycles. The van der Waals surface area contributed by atoms with Crippen LogP contribution < -0.4 is 4.90 Å². The third kappa shape index (κ3) is 2.65. The molecule has 2 aromatic carbocycles. The van der Waals surface area contributed by atoms with Crippen LogP contribution >= 0.6 is 0 Å². The number of H-pyrrole nitrogens is 1. The molecule has 0 bridgehead atoms. The van der Waals surface area contributed by atoms with Crippen molar-refractivity contribution in [2.75, 3.05) is 31.1 Å². The number of anilines is 1. The number of hydrogen-bond donors (Lipinski definition) is 1. The number of fused-ring (bicyclic) bond motifs is 2. The predicted octanol–water partition coefficient (Wildman–Crippen LogP) is 4.38. The third-order valence-corrected chi connectivity index (χ3v) is 5.29. The van der Waals surface area contributed by atoms with Crippen molar-refractivity contribution in [2.24, 2.45) is 0 Å². The number of halogens is 1. The molecule has 1 fully saturated rings. The number of nitrogens with zero attached hydrogens (tertiary/aromatic N) is 2. The van der Waals surface area contributed by atoms with Gasteiger partial charge < -0.3 is 14.3 Å². The Hall–Kier alpha value is -2.79. The molecule has 0 spiro atoms. The lowest BCUT2D eigenvalue weighted by Crippen LogP contribution is -2.46. The summed E-state index contributed by atoms with van der Waals surface area (Å²) in [6.45, 7) is 4.70. The van der Waals surface area contributed by atoms with E-state index >= 15 is 0 Å². The molecule has 4 nitrogen and oxygen atoms in total. The van der Waals surface area contributed by atoms with Crippen LogP contribution in [-0.2, 0) is 6.54 Å². The van der Waals surface area contributed by atoms with E-state index in [-0.39, 0.29) is 5.82 Å². The zero-order valence-corrected chi connectivity index (χ0v) is 14.4. The normalized spacial score (nSPS) is 16.0. The van der Waals surface area contributed by atoms with Crippen molar-refractivity contribution in [1.82, 2.24) is 9.88 Å². The zero-order chi connectivity index (χ0) is 17.5. The summed E-state index contributed by atoms with van der Waals surface area (Å²) in [4.78, 5) is 8.13. The fourth-order valence-corrected chi connectivity index (χ4v) is 3.91. The molecule has 5 rings (SSSR count). The summed E-state index contributed by atoms with van der Waals surface area (Å²) >= 11 is 0. The molecule has 5 heteroatoms. The van der Waals surface area contributed by atoms with Crippen LogP contribution in [0.2, 0.25) is 0 Å². The van der Waals surface area contributed by atoms with E-state index in [4.69, 9.17) is 4.42 Å². The van der Waals surface area contributed by atoms with E-state index < -0.39 is 0 Å². The van der Waals surface area contributed by atoms with Crippen LogP contribution in [0, 0.1) is 5.82 Å². The van der Waals surface area contributed by atoms with Crippen LogP contribution in [-0.4, -0.2) is 36.1 Å². The van der Waals surface area contributed by atoms with Gasteiger partial charge in [-0.3, -0.25) is 4.90 Å². The Morgan fingerprint density at radius 1 is 1.00 bits per heavy atom. The highest BCUT2D eigenvalue weighted by atomic mass is 19.1.